The Labute approximate surface area is 275 Å². The van der Waals surface area contributed by atoms with E-state index >= 15 is 0 Å². The largest absolute Gasteiger partial charge is 0.494 e. The summed E-state index contributed by atoms with van der Waals surface area (Å²) in [6.07, 6.45) is 8.60. The van der Waals surface area contributed by atoms with Gasteiger partial charge in [-0.1, -0.05) is 75.2 Å². The maximum Gasteiger partial charge on any atom is 0.253 e. The van der Waals surface area contributed by atoms with E-state index in [0.717, 1.165) is 0 Å². The van der Waals surface area contributed by atoms with Crippen LogP contribution in [0.25, 0.3) is 0 Å². The van der Waals surface area contributed by atoms with Gasteiger partial charge in [0.15, 0.2) is 0 Å². The number of hydrogen-bond donors (Lipinski definition) is 1. The minimum Gasteiger partial charge on any atom is -0.494 e. The Morgan fingerprint density at radius 2 is 1.63 bits per heavy atom. The van der Waals surface area contributed by atoms with Crippen molar-refractivity contribution in [1.82, 2.24) is 4.90 Å². The normalized spacial score (nSPS) is 30.1. The molecule has 10 heteroatoms. The fourth-order valence-electron chi connectivity index (χ4n) is 7.88. The molecule has 2 saturated heterocycles. The Balaban J connectivity index is 1.50. The van der Waals surface area contributed by atoms with Crippen LogP contribution in [0.3, 0.4) is 0 Å². The predicted octanol–water partition coefficient (Wildman–Crippen LogP) is 5.01. The monoisotopic (exact) mass is 647 g/mol. The summed E-state index contributed by atoms with van der Waals surface area (Å²) in [4.78, 5) is 49.4. The van der Waals surface area contributed by atoms with Crippen LogP contribution in [-0.4, -0.2) is 77.3 Å². The van der Waals surface area contributed by atoms with Crippen LogP contribution >= 0.6 is 11.6 Å². The van der Waals surface area contributed by atoms with Crippen LogP contribution in [-0.2, 0) is 19.1 Å². The number of likely N-dealkylation sites (tertiary alicyclic amines) is 1. The van der Waals surface area contributed by atoms with Crippen molar-refractivity contribution in [1.29, 1.82) is 0 Å². The van der Waals surface area contributed by atoms with Crippen LogP contribution in [0, 0.1) is 17.8 Å². The van der Waals surface area contributed by atoms with Crippen molar-refractivity contribution >= 4 is 40.7 Å². The van der Waals surface area contributed by atoms with Gasteiger partial charge in [0.25, 0.3) is 5.91 Å². The molecule has 46 heavy (non-hydrogen) atoms. The molecular formula is C36H42ClN3O6. The number of ether oxygens (including phenoxy) is 2. The Morgan fingerprint density at radius 1 is 0.935 bits per heavy atom. The van der Waals surface area contributed by atoms with E-state index in [9.17, 15) is 19.5 Å². The molecule has 2 aromatic carbocycles. The molecule has 0 aliphatic carbocycles. The lowest BCUT2D eigenvalue weighted by Crippen LogP contribution is -2.60. The van der Waals surface area contributed by atoms with Gasteiger partial charge in [-0.2, -0.15) is 0 Å². The van der Waals surface area contributed by atoms with Crippen molar-refractivity contribution in [2.75, 3.05) is 36.1 Å². The van der Waals surface area contributed by atoms with E-state index in [4.69, 9.17) is 21.1 Å². The third-order valence-electron chi connectivity index (χ3n) is 10.3. The molecule has 0 saturated carbocycles. The summed E-state index contributed by atoms with van der Waals surface area (Å²) in [5.74, 6) is -2.31. The lowest BCUT2D eigenvalue weighted by atomic mass is 9.73. The highest BCUT2D eigenvalue weighted by molar-refractivity contribution is 6.34. The standard InChI is InChI=1S/C36H42ClN3O6/c1-5-23(4)28(22-41)40-31-34(44)39(27-13-9-8-12-26(27)37)21-11-19-36(31)30(33(40)43)29-32(42)38(20-10-18-35(29,6-2)46-36)24-14-16-25(17-15-24)45-7-3/h8-19,23,28-31,41H,5-7,20-22H2,1-4H3/t23-,28-,29-,30-,31?,35+,36-/m0/s1. The van der Waals surface area contributed by atoms with Crippen LogP contribution in [0.5, 0.6) is 5.75 Å². The van der Waals surface area contributed by atoms with Crippen LogP contribution < -0.4 is 14.5 Å². The van der Waals surface area contributed by atoms with Crippen molar-refractivity contribution < 1.29 is 29.0 Å². The molecular weight excluding hydrogens is 606 g/mol. The highest BCUT2D eigenvalue weighted by atomic mass is 35.5. The van der Waals surface area contributed by atoms with E-state index in [1.165, 1.54) is 4.90 Å². The summed E-state index contributed by atoms with van der Waals surface area (Å²) in [6.45, 7) is 8.51. The molecule has 4 heterocycles. The fourth-order valence-corrected chi connectivity index (χ4v) is 8.12. The zero-order valence-corrected chi connectivity index (χ0v) is 27.5. The molecule has 244 valence electrons. The van der Waals surface area contributed by atoms with E-state index in [-0.39, 0.29) is 36.8 Å². The third-order valence-corrected chi connectivity index (χ3v) is 10.6. The van der Waals surface area contributed by atoms with Gasteiger partial charge < -0.3 is 29.3 Å². The van der Waals surface area contributed by atoms with Gasteiger partial charge in [-0.3, -0.25) is 14.4 Å². The molecule has 0 radical (unpaired) electrons. The van der Waals surface area contributed by atoms with Gasteiger partial charge in [-0.25, -0.2) is 0 Å². The molecule has 9 nitrogen and oxygen atoms in total. The highest BCUT2D eigenvalue weighted by Gasteiger charge is 2.76. The number of para-hydroxylation sites is 1. The number of fused-ring (bicyclic) bond motifs is 2. The number of anilines is 2. The molecule has 2 fully saturated rings. The quantitative estimate of drug-likeness (QED) is 0.384. The first kappa shape index (κ1) is 32.3. The van der Waals surface area contributed by atoms with Gasteiger partial charge in [0.1, 0.15) is 17.4 Å². The lowest BCUT2D eigenvalue weighted by molar-refractivity contribution is -0.150. The molecule has 7 atom stereocenters. The molecule has 3 amide bonds. The number of rotatable bonds is 9. The van der Waals surface area contributed by atoms with Crippen molar-refractivity contribution in [2.45, 2.75) is 63.8 Å². The lowest BCUT2D eigenvalue weighted by Gasteiger charge is -2.42. The second-order valence-corrected chi connectivity index (χ2v) is 13.0. The number of aliphatic hydroxyl groups is 1. The topological polar surface area (TPSA) is 99.6 Å². The van der Waals surface area contributed by atoms with E-state index in [1.54, 1.807) is 28.0 Å². The summed E-state index contributed by atoms with van der Waals surface area (Å²) in [5, 5.41) is 11.1. The van der Waals surface area contributed by atoms with E-state index in [2.05, 4.69) is 0 Å². The average molecular weight is 648 g/mol. The Hall–Kier alpha value is -3.66. The predicted molar refractivity (Wildman–Crippen MR) is 177 cm³/mol. The number of carbonyl (C=O) groups is 3. The van der Waals surface area contributed by atoms with Gasteiger partial charge >= 0.3 is 0 Å². The highest BCUT2D eigenvalue weighted by Crippen LogP contribution is 2.59. The summed E-state index contributed by atoms with van der Waals surface area (Å²) < 4.78 is 12.7. The first-order valence-corrected chi connectivity index (χ1v) is 16.6. The number of amides is 3. The number of carbonyl (C=O) groups excluding carboxylic acids is 3. The minimum absolute atomic E-state index is 0.125. The third kappa shape index (κ3) is 4.86. The smallest absolute Gasteiger partial charge is 0.253 e. The van der Waals surface area contributed by atoms with Crippen LogP contribution in [0.2, 0.25) is 5.02 Å². The van der Waals surface area contributed by atoms with Crippen LogP contribution in [0.4, 0.5) is 11.4 Å². The number of halogens is 1. The fraction of sp³-hybridized carbons (Fsp3) is 0.472. The van der Waals surface area contributed by atoms with Crippen molar-refractivity contribution in [3.8, 4) is 5.75 Å². The Morgan fingerprint density at radius 3 is 2.28 bits per heavy atom. The summed E-state index contributed by atoms with van der Waals surface area (Å²) in [5.41, 5.74) is -1.38. The summed E-state index contributed by atoms with van der Waals surface area (Å²) in [7, 11) is 0. The molecule has 2 aromatic rings. The molecule has 1 N–H and O–H groups in total. The van der Waals surface area contributed by atoms with Crippen LogP contribution in [0.15, 0.2) is 72.8 Å². The zero-order chi connectivity index (χ0) is 32.8. The van der Waals surface area contributed by atoms with Crippen molar-refractivity contribution in [3.05, 3.63) is 77.9 Å². The first-order chi connectivity index (χ1) is 22.2. The SMILES string of the molecule is CCOc1ccc(N2CC=C[C@@]3(CC)O[C@]45C=CCN(c6ccccc6Cl)C(=O)C4N([C@@H](CO)[C@@H](C)CC)C(=O)[C@@H]5[C@H]3C2=O)cc1. The second-order valence-electron chi connectivity index (χ2n) is 12.6. The maximum absolute atomic E-state index is 15.0. The van der Waals surface area contributed by atoms with Gasteiger partial charge in [-0.05, 0) is 55.7 Å². The molecule has 1 spiro atoms. The van der Waals surface area contributed by atoms with Crippen LogP contribution in [0.1, 0.15) is 40.5 Å². The van der Waals surface area contributed by atoms with Gasteiger partial charge in [0.05, 0.1) is 47.4 Å². The number of nitrogens with zero attached hydrogens (tertiary/aromatic N) is 3. The van der Waals surface area contributed by atoms with E-state index in [0.29, 0.717) is 48.1 Å². The van der Waals surface area contributed by atoms with Crippen molar-refractivity contribution in [2.24, 2.45) is 17.8 Å². The average Bonchev–Trinajstić information content (AvgIpc) is 3.35. The van der Waals surface area contributed by atoms with Crippen molar-refractivity contribution in [3.63, 3.8) is 0 Å². The number of hydrogen-bond acceptors (Lipinski definition) is 6. The Kier molecular flexibility index (Phi) is 8.78. The van der Waals surface area contributed by atoms with Gasteiger partial charge in [-0.15, -0.1) is 0 Å². The number of aliphatic hydroxyl groups excluding tert-OH is 1. The second kappa shape index (κ2) is 12.5. The molecule has 4 aliphatic rings. The first-order valence-electron chi connectivity index (χ1n) is 16.3. The summed E-state index contributed by atoms with van der Waals surface area (Å²) in [6, 6.07) is 12.7. The molecule has 4 aliphatic heterocycles. The van der Waals surface area contributed by atoms with E-state index < -0.39 is 35.1 Å². The minimum atomic E-state index is -1.45. The van der Waals surface area contributed by atoms with Gasteiger partial charge in [0.2, 0.25) is 11.8 Å². The Bertz CT molecular complexity index is 1560. The van der Waals surface area contributed by atoms with Gasteiger partial charge in [0, 0.05) is 18.8 Å². The number of benzene rings is 2. The summed E-state index contributed by atoms with van der Waals surface area (Å²) >= 11 is 6.60. The van der Waals surface area contributed by atoms with E-state index in [1.807, 2.05) is 82.3 Å². The molecule has 0 bridgehead atoms. The molecule has 0 aromatic heterocycles. The zero-order valence-electron chi connectivity index (χ0n) is 26.8. The molecule has 1 unspecified atom stereocenters. The molecule has 6 rings (SSSR count). The maximum atomic E-state index is 15.0.